The average molecular weight is 453 g/mol. The van der Waals surface area contributed by atoms with Crippen molar-refractivity contribution < 1.29 is 23.4 Å². The van der Waals surface area contributed by atoms with E-state index in [1.54, 1.807) is 12.1 Å². The molecule has 0 aliphatic heterocycles. The average Bonchev–Trinajstić information content (AvgIpc) is 2.82. The molecule has 1 aliphatic carbocycles. The lowest BCUT2D eigenvalue weighted by Gasteiger charge is -2.30. The highest BCUT2D eigenvalue weighted by Gasteiger charge is 2.25. The summed E-state index contributed by atoms with van der Waals surface area (Å²) in [6.07, 6.45) is 4.22. The molecule has 0 saturated heterocycles. The van der Waals surface area contributed by atoms with Gasteiger partial charge in [-0.1, -0.05) is 18.2 Å². The van der Waals surface area contributed by atoms with Gasteiger partial charge in [0.25, 0.3) is 5.91 Å². The number of benzene rings is 2. The van der Waals surface area contributed by atoms with Crippen LogP contribution in [0.5, 0.6) is 17.4 Å². The maximum Gasteiger partial charge on any atom is 0.257 e. The van der Waals surface area contributed by atoms with Gasteiger partial charge < -0.3 is 20.5 Å². The van der Waals surface area contributed by atoms with Gasteiger partial charge in [0, 0.05) is 24.2 Å². The zero-order valence-corrected chi connectivity index (χ0v) is 17.9. The number of hydrogen-bond acceptors (Lipinski definition) is 5. The Kier molecular flexibility index (Phi) is 7.14. The number of hydrogen-bond donors (Lipinski definition) is 3. The molecule has 3 aromatic rings. The quantitative estimate of drug-likeness (QED) is 0.484. The van der Waals surface area contributed by atoms with Crippen LogP contribution in [0.15, 0.2) is 60.8 Å². The van der Waals surface area contributed by atoms with Gasteiger partial charge in [0.15, 0.2) is 0 Å². The Morgan fingerprint density at radius 3 is 2.42 bits per heavy atom. The Bertz CT molecular complexity index is 1100. The van der Waals surface area contributed by atoms with Gasteiger partial charge in [-0.2, -0.15) is 0 Å². The molecule has 6 nitrogen and oxygen atoms in total. The van der Waals surface area contributed by atoms with Crippen LogP contribution < -0.4 is 15.4 Å². The first kappa shape index (κ1) is 22.7. The predicted octanol–water partition coefficient (Wildman–Crippen LogP) is 4.69. The zero-order chi connectivity index (χ0) is 23.2. The number of nitrogens with zero attached hydrogens (tertiary/aromatic N) is 1. The highest BCUT2D eigenvalue weighted by Crippen LogP contribution is 2.26. The molecule has 0 radical (unpaired) electrons. The predicted molar refractivity (Wildman–Crippen MR) is 119 cm³/mol. The maximum absolute atomic E-state index is 13.8. The maximum atomic E-state index is 13.8. The molecule has 3 N–H and O–H groups in total. The Morgan fingerprint density at radius 1 is 1.00 bits per heavy atom. The molecule has 1 saturated carbocycles. The van der Waals surface area contributed by atoms with Gasteiger partial charge in [-0.3, -0.25) is 4.79 Å². The molecule has 1 aromatic heterocycles. The number of amides is 1. The second-order valence-corrected chi connectivity index (χ2v) is 8.09. The van der Waals surface area contributed by atoms with E-state index in [4.69, 9.17) is 4.74 Å². The van der Waals surface area contributed by atoms with Crippen molar-refractivity contribution in [2.45, 2.75) is 44.3 Å². The van der Waals surface area contributed by atoms with E-state index in [-0.39, 0.29) is 29.3 Å². The van der Waals surface area contributed by atoms with Gasteiger partial charge in [-0.05, 0) is 62.1 Å². The molecule has 1 fully saturated rings. The first-order valence-corrected chi connectivity index (χ1v) is 10.9. The summed E-state index contributed by atoms with van der Waals surface area (Å²) in [7, 11) is 0. The van der Waals surface area contributed by atoms with Crippen LogP contribution in [0.1, 0.15) is 41.6 Å². The van der Waals surface area contributed by atoms with Crippen LogP contribution in [0.2, 0.25) is 0 Å². The molecule has 0 spiro atoms. The van der Waals surface area contributed by atoms with Gasteiger partial charge in [-0.25, -0.2) is 13.8 Å². The van der Waals surface area contributed by atoms with Crippen molar-refractivity contribution in [1.82, 2.24) is 15.6 Å². The largest absolute Gasteiger partial charge is 0.508 e. The first-order valence-electron chi connectivity index (χ1n) is 10.9. The van der Waals surface area contributed by atoms with Crippen LogP contribution >= 0.6 is 0 Å². The van der Waals surface area contributed by atoms with Crippen LogP contribution in [0.25, 0.3) is 0 Å². The first-order chi connectivity index (χ1) is 16.0. The number of phenols is 1. The van der Waals surface area contributed by atoms with E-state index in [9.17, 15) is 18.7 Å². The number of phenolic OH excluding ortho intramolecular Hbond substituents is 1. The van der Waals surface area contributed by atoms with Gasteiger partial charge in [-0.15, -0.1) is 0 Å². The molecule has 1 heterocycles. The van der Waals surface area contributed by atoms with Crippen LogP contribution in [-0.4, -0.2) is 28.1 Å². The molecule has 0 bridgehead atoms. The summed E-state index contributed by atoms with van der Waals surface area (Å²) >= 11 is 0. The molecule has 2 aromatic carbocycles. The fourth-order valence-corrected chi connectivity index (χ4v) is 3.90. The number of para-hydroxylation sites is 1. The Morgan fingerprint density at radius 2 is 1.70 bits per heavy atom. The number of ether oxygens (including phenoxy) is 1. The van der Waals surface area contributed by atoms with Crippen molar-refractivity contribution in [3.8, 4) is 17.4 Å². The standard InChI is InChI=1S/C25H25F2N3O3/c26-17-5-11-21(12-6-17)33-25-22(13-18(27)15-29-25)24(32)30-20-9-7-19(8-10-20)28-14-16-3-1-2-4-23(16)31/h1-6,11-13,15,19-20,28,31H,7-10,14H2,(H,30,32). The minimum absolute atomic E-state index is 0.0147. The summed E-state index contributed by atoms with van der Waals surface area (Å²) in [5.41, 5.74) is 0.833. The molecule has 1 amide bonds. The summed E-state index contributed by atoms with van der Waals surface area (Å²) in [6, 6.07) is 13.8. The third-order valence-electron chi connectivity index (χ3n) is 5.73. The number of nitrogens with one attached hydrogen (secondary N) is 2. The fourth-order valence-electron chi connectivity index (χ4n) is 3.90. The zero-order valence-electron chi connectivity index (χ0n) is 17.9. The van der Waals surface area contributed by atoms with E-state index in [0.717, 1.165) is 43.5 Å². The smallest absolute Gasteiger partial charge is 0.257 e. The molecular formula is C25H25F2N3O3. The molecule has 8 heteroatoms. The van der Waals surface area contributed by atoms with Crippen molar-refractivity contribution in [2.75, 3.05) is 0 Å². The molecule has 0 atom stereocenters. The van der Waals surface area contributed by atoms with Gasteiger partial charge in [0.05, 0.1) is 6.20 Å². The highest BCUT2D eigenvalue weighted by atomic mass is 19.1. The van der Waals surface area contributed by atoms with Crippen LogP contribution in [0, 0.1) is 11.6 Å². The lowest BCUT2D eigenvalue weighted by atomic mass is 9.91. The van der Waals surface area contributed by atoms with E-state index >= 15 is 0 Å². The summed E-state index contributed by atoms with van der Waals surface area (Å²) < 4.78 is 32.5. The molecule has 4 rings (SSSR count). The van der Waals surface area contributed by atoms with Crippen molar-refractivity contribution in [3.63, 3.8) is 0 Å². The van der Waals surface area contributed by atoms with Gasteiger partial charge in [0.2, 0.25) is 5.88 Å². The van der Waals surface area contributed by atoms with Crippen molar-refractivity contribution in [2.24, 2.45) is 0 Å². The molecule has 172 valence electrons. The number of aromatic nitrogens is 1. The van der Waals surface area contributed by atoms with Crippen molar-refractivity contribution >= 4 is 5.91 Å². The number of carbonyl (C=O) groups is 1. The third-order valence-corrected chi connectivity index (χ3v) is 5.73. The number of pyridine rings is 1. The van der Waals surface area contributed by atoms with Crippen molar-refractivity contribution in [1.29, 1.82) is 0 Å². The van der Waals surface area contributed by atoms with Gasteiger partial charge >= 0.3 is 0 Å². The van der Waals surface area contributed by atoms with Crippen LogP contribution in [0.4, 0.5) is 8.78 Å². The molecule has 1 aliphatic rings. The molecular weight excluding hydrogens is 428 g/mol. The van der Waals surface area contributed by atoms with E-state index < -0.39 is 17.5 Å². The summed E-state index contributed by atoms with van der Waals surface area (Å²) in [4.78, 5) is 16.8. The number of halogens is 2. The van der Waals surface area contributed by atoms with Gasteiger partial charge in [0.1, 0.15) is 28.7 Å². The number of rotatable bonds is 7. The Labute approximate surface area is 190 Å². The summed E-state index contributed by atoms with van der Waals surface area (Å²) in [5.74, 6) is -1.01. The van der Waals surface area contributed by atoms with E-state index in [2.05, 4.69) is 15.6 Å². The van der Waals surface area contributed by atoms with E-state index in [1.165, 1.54) is 24.3 Å². The second kappa shape index (κ2) is 10.4. The topological polar surface area (TPSA) is 83.5 Å². The van der Waals surface area contributed by atoms with E-state index in [1.807, 2.05) is 12.1 Å². The minimum Gasteiger partial charge on any atom is -0.508 e. The minimum atomic E-state index is -0.649. The summed E-state index contributed by atoms with van der Waals surface area (Å²) in [6.45, 7) is 0.577. The second-order valence-electron chi connectivity index (χ2n) is 8.09. The number of aromatic hydroxyl groups is 1. The number of carbonyl (C=O) groups excluding carboxylic acids is 1. The fraction of sp³-hybridized carbons (Fsp3) is 0.280. The summed E-state index contributed by atoms with van der Waals surface area (Å²) in [5, 5.41) is 16.3. The lowest BCUT2D eigenvalue weighted by molar-refractivity contribution is 0.0920. The van der Waals surface area contributed by atoms with Crippen LogP contribution in [-0.2, 0) is 6.54 Å². The normalized spacial score (nSPS) is 18.0. The lowest BCUT2D eigenvalue weighted by Crippen LogP contribution is -2.42. The van der Waals surface area contributed by atoms with Crippen LogP contribution in [0.3, 0.4) is 0 Å². The third kappa shape index (κ3) is 6.04. The molecule has 33 heavy (non-hydrogen) atoms. The van der Waals surface area contributed by atoms with Crippen molar-refractivity contribution in [3.05, 3.63) is 83.6 Å². The Balaban J connectivity index is 1.33. The SMILES string of the molecule is O=C(NC1CCC(NCc2ccccc2O)CC1)c1cc(F)cnc1Oc1ccc(F)cc1. The molecule has 0 unspecified atom stereocenters. The highest BCUT2D eigenvalue weighted by molar-refractivity contribution is 5.96. The van der Waals surface area contributed by atoms with E-state index in [0.29, 0.717) is 12.3 Å². The Hall–Kier alpha value is -3.52. The monoisotopic (exact) mass is 453 g/mol.